The standard InChI is InChI=1S/C10H17N6O4P/c1-16(2,3)4-5-19-21(17,18)20-15-7-14-9(11)8-10(15)13-6-12-8/h6-7H,4-5,11H2,1-3H3/p+1. The lowest BCUT2D eigenvalue weighted by molar-refractivity contribution is -0.870. The molecular weight excluding hydrogens is 299 g/mol. The number of quaternary nitrogens is 1. The van der Waals surface area contributed by atoms with E-state index in [1.54, 1.807) is 0 Å². The fourth-order valence-electron chi connectivity index (χ4n) is 1.46. The van der Waals surface area contributed by atoms with Crippen LogP contribution in [0, 0.1) is 0 Å². The van der Waals surface area contributed by atoms with Gasteiger partial charge in [-0.25, -0.2) is 19.5 Å². The van der Waals surface area contributed by atoms with E-state index in [1.807, 2.05) is 21.1 Å². The first kappa shape index (κ1) is 15.6. The van der Waals surface area contributed by atoms with Crippen LogP contribution in [0.4, 0.5) is 5.82 Å². The van der Waals surface area contributed by atoms with Crippen LogP contribution in [0.25, 0.3) is 11.5 Å². The summed E-state index contributed by atoms with van der Waals surface area (Å²) < 4.78 is 23.2. The summed E-state index contributed by atoms with van der Waals surface area (Å²) in [4.78, 5) is 21.3. The van der Waals surface area contributed by atoms with E-state index in [0.29, 0.717) is 11.0 Å². The molecule has 116 valence electrons. The zero-order valence-electron chi connectivity index (χ0n) is 12.0. The summed E-state index contributed by atoms with van der Waals surface area (Å²) in [5.74, 6) is 0.341. The smallest absolute Gasteiger partial charge is 0.382 e. The van der Waals surface area contributed by atoms with Crippen LogP contribution in [0.5, 0.6) is 0 Å². The Hall–Kier alpha value is -1.74. The fourth-order valence-corrected chi connectivity index (χ4v) is 2.16. The SMILES string of the molecule is C[N+](C)(C)CCOP(=O)(O)On1cnc(N)c2ncnc1-2. The number of hydrogen-bond acceptors (Lipinski definition) is 7. The van der Waals surface area contributed by atoms with Crippen molar-refractivity contribution in [2.45, 2.75) is 0 Å². The van der Waals surface area contributed by atoms with E-state index in [0.717, 1.165) is 11.1 Å². The highest BCUT2D eigenvalue weighted by Gasteiger charge is 2.27. The van der Waals surface area contributed by atoms with E-state index >= 15 is 0 Å². The zero-order chi connectivity index (χ0) is 15.7. The number of phosphoric ester groups is 1. The molecule has 0 aromatic heterocycles. The first-order chi connectivity index (χ1) is 9.68. The van der Waals surface area contributed by atoms with Crippen LogP contribution in [0.3, 0.4) is 0 Å². The summed E-state index contributed by atoms with van der Waals surface area (Å²) in [6.07, 6.45) is 2.39. The molecule has 1 unspecified atom stereocenters. The molecule has 21 heavy (non-hydrogen) atoms. The lowest BCUT2D eigenvalue weighted by Gasteiger charge is -2.24. The number of nitrogens with two attached hydrogens (primary N) is 1. The van der Waals surface area contributed by atoms with Gasteiger partial charge in [0, 0.05) is 0 Å². The molecule has 2 rings (SSSR count). The lowest BCUT2D eigenvalue weighted by atomic mass is 10.4. The third kappa shape index (κ3) is 4.11. The molecule has 1 atom stereocenters. The second kappa shape index (κ2) is 5.57. The number of imidazole rings is 1. The van der Waals surface area contributed by atoms with Gasteiger partial charge in [0.25, 0.3) is 0 Å². The largest absolute Gasteiger partial charge is 0.546 e. The number of fused-ring (bicyclic) bond motifs is 1. The van der Waals surface area contributed by atoms with Crippen molar-refractivity contribution in [3.8, 4) is 11.5 Å². The highest BCUT2D eigenvalue weighted by molar-refractivity contribution is 7.47. The first-order valence-electron chi connectivity index (χ1n) is 6.09. The molecule has 0 aliphatic carbocycles. The average Bonchev–Trinajstić information content (AvgIpc) is 2.80. The fraction of sp³-hybridized carbons (Fsp3) is 0.500. The van der Waals surface area contributed by atoms with E-state index in [4.69, 9.17) is 14.9 Å². The average molecular weight is 317 g/mol. The van der Waals surface area contributed by atoms with Crippen molar-refractivity contribution in [1.29, 1.82) is 0 Å². The molecule has 0 fully saturated rings. The van der Waals surface area contributed by atoms with Gasteiger partial charge in [0.15, 0.2) is 11.5 Å². The molecule has 0 spiro atoms. The van der Waals surface area contributed by atoms with Crippen LogP contribution < -0.4 is 10.4 Å². The molecule has 0 aromatic rings. The Morgan fingerprint density at radius 2 is 2.10 bits per heavy atom. The van der Waals surface area contributed by atoms with Crippen LogP contribution in [-0.2, 0) is 9.09 Å². The van der Waals surface area contributed by atoms with Crippen molar-refractivity contribution in [2.75, 3.05) is 40.0 Å². The number of hydrogen-bond donors (Lipinski definition) is 2. The van der Waals surface area contributed by atoms with Gasteiger partial charge >= 0.3 is 7.82 Å². The quantitative estimate of drug-likeness (QED) is 0.545. The van der Waals surface area contributed by atoms with E-state index in [2.05, 4.69) is 15.0 Å². The molecular formula is C10H18N6O4P+. The Balaban J connectivity index is 2.07. The molecule has 10 nitrogen and oxygen atoms in total. The van der Waals surface area contributed by atoms with E-state index in [9.17, 15) is 9.46 Å². The molecule has 0 bridgehead atoms. The number of anilines is 1. The van der Waals surface area contributed by atoms with Gasteiger partial charge in [-0.2, -0.15) is 0 Å². The maximum atomic E-state index is 11.9. The lowest BCUT2D eigenvalue weighted by Crippen LogP contribution is -2.37. The number of nitrogens with zero attached hydrogens (tertiary/aromatic N) is 5. The van der Waals surface area contributed by atoms with Gasteiger partial charge in [0.1, 0.15) is 25.8 Å². The number of phosphoric acid groups is 1. The highest BCUT2D eigenvalue weighted by atomic mass is 31.2. The Labute approximate surface area is 121 Å². The van der Waals surface area contributed by atoms with Gasteiger partial charge in [-0.05, 0) is 0 Å². The summed E-state index contributed by atoms with van der Waals surface area (Å²) in [5.41, 5.74) is 5.90. The van der Waals surface area contributed by atoms with Crippen LogP contribution in [-0.4, -0.2) is 63.4 Å². The minimum Gasteiger partial charge on any atom is -0.382 e. The molecule has 0 aromatic carbocycles. The summed E-state index contributed by atoms with van der Waals surface area (Å²) in [6.45, 7) is 0.611. The zero-order valence-corrected chi connectivity index (χ0v) is 12.9. The molecule has 3 N–H and O–H groups in total. The van der Waals surface area contributed by atoms with Crippen molar-refractivity contribution in [2.24, 2.45) is 0 Å². The Morgan fingerprint density at radius 1 is 1.38 bits per heavy atom. The molecule has 2 aliphatic rings. The molecule has 0 saturated carbocycles. The van der Waals surface area contributed by atoms with Crippen molar-refractivity contribution < 1.29 is 23.1 Å². The third-order valence-corrected chi connectivity index (χ3v) is 3.43. The number of nitrogen functional groups attached to an aromatic ring is 1. The minimum absolute atomic E-state index is 0.0655. The van der Waals surface area contributed by atoms with Crippen molar-refractivity contribution in [3.05, 3.63) is 12.7 Å². The molecule has 2 heterocycles. The Bertz CT molecular complexity index is 639. The topological polar surface area (TPSA) is 125 Å². The highest BCUT2D eigenvalue weighted by Crippen LogP contribution is 2.40. The maximum absolute atomic E-state index is 11.9. The molecule has 0 saturated heterocycles. The number of aromatic nitrogens is 4. The van der Waals surface area contributed by atoms with Crippen LogP contribution in [0.15, 0.2) is 12.7 Å². The molecule has 0 radical (unpaired) electrons. The van der Waals surface area contributed by atoms with Crippen LogP contribution in [0.1, 0.15) is 0 Å². The van der Waals surface area contributed by atoms with Crippen LogP contribution in [0.2, 0.25) is 0 Å². The second-order valence-electron chi connectivity index (χ2n) is 5.40. The van der Waals surface area contributed by atoms with Crippen molar-refractivity contribution in [3.63, 3.8) is 0 Å². The Kier molecular flexibility index (Phi) is 4.15. The normalized spacial score (nSPS) is 15.0. The van der Waals surface area contributed by atoms with E-state index < -0.39 is 7.82 Å². The van der Waals surface area contributed by atoms with Gasteiger partial charge in [0.05, 0.1) is 21.1 Å². The summed E-state index contributed by atoms with van der Waals surface area (Å²) >= 11 is 0. The van der Waals surface area contributed by atoms with Crippen molar-refractivity contribution in [1.82, 2.24) is 19.7 Å². The van der Waals surface area contributed by atoms with Gasteiger partial charge in [-0.3, -0.25) is 9.42 Å². The molecule has 2 aliphatic heterocycles. The molecule has 11 heteroatoms. The van der Waals surface area contributed by atoms with Crippen molar-refractivity contribution >= 4 is 13.6 Å². The number of likely N-dealkylation sites (N-methyl/N-ethyl adjacent to an activating group) is 1. The third-order valence-electron chi connectivity index (χ3n) is 2.54. The van der Waals surface area contributed by atoms with E-state index in [-0.39, 0.29) is 23.9 Å². The Morgan fingerprint density at radius 3 is 2.76 bits per heavy atom. The van der Waals surface area contributed by atoms with Gasteiger partial charge in [-0.15, -0.1) is 4.73 Å². The summed E-state index contributed by atoms with van der Waals surface area (Å²) in [5, 5.41) is 0. The monoisotopic (exact) mass is 317 g/mol. The molecule has 0 amide bonds. The predicted molar refractivity (Wildman–Crippen MR) is 74.1 cm³/mol. The second-order valence-corrected chi connectivity index (χ2v) is 6.76. The van der Waals surface area contributed by atoms with Gasteiger partial charge in [-0.1, -0.05) is 0 Å². The summed E-state index contributed by atoms with van der Waals surface area (Å²) in [7, 11) is 1.53. The summed E-state index contributed by atoms with van der Waals surface area (Å²) in [6, 6.07) is 0. The number of rotatable bonds is 6. The minimum atomic E-state index is -4.29. The van der Waals surface area contributed by atoms with Gasteiger partial charge < -0.3 is 14.8 Å². The van der Waals surface area contributed by atoms with E-state index in [1.165, 1.54) is 6.33 Å². The maximum Gasteiger partial charge on any atom is 0.546 e. The van der Waals surface area contributed by atoms with Gasteiger partial charge in [0.2, 0.25) is 5.82 Å². The first-order valence-corrected chi connectivity index (χ1v) is 7.59. The van der Waals surface area contributed by atoms with Crippen LogP contribution >= 0.6 is 7.82 Å². The predicted octanol–water partition coefficient (Wildman–Crippen LogP) is -0.388.